The fraction of sp³-hybridized carbons (Fsp3) is 0.333. The average Bonchev–Trinajstić information content (AvgIpc) is 3.11. The highest BCUT2D eigenvalue weighted by molar-refractivity contribution is 5.94. The lowest BCUT2D eigenvalue weighted by atomic mass is 10.0. The predicted molar refractivity (Wildman–Crippen MR) is 103 cm³/mol. The van der Waals surface area contributed by atoms with Crippen LogP contribution >= 0.6 is 0 Å². The molecular weight excluding hydrogens is 324 g/mol. The molecule has 1 unspecified atom stereocenters. The van der Waals surface area contributed by atoms with Crippen LogP contribution < -0.4 is 5.32 Å². The van der Waals surface area contributed by atoms with Crippen LogP contribution in [0.5, 0.6) is 0 Å². The molecule has 4 rings (SSSR count). The van der Waals surface area contributed by atoms with Crippen molar-refractivity contribution in [2.24, 2.45) is 0 Å². The number of hydrogen-bond acceptors (Lipinski definition) is 3. The lowest BCUT2D eigenvalue weighted by Crippen LogP contribution is -2.46. The molecule has 5 nitrogen and oxygen atoms in total. The SMILES string of the molecule is CN(C(=O)c1ccc(Cn2cnc3ccccc32)cc1)C1CCCNC1. The molecule has 1 aliphatic heterocycles. The summed E-state index contributed by atoms with van der Waals surface area (Å²) in [5.74, 6) is 0.0957. The van der Waals surface area contributed by atoms with Crippen molar-refractivity contribution in [3.8, 4) is 0 Å². The van der Waals surface area contributed by atoms with Gasteiger partial charge in [-0.05, 0) is 49.2 Å². The Hall–Kier alpha value is -2.66. The first-order chi connectivity index (χ1) is 12.7. The molecule has 0 bridgehead atoms. The number of fused-ring (bicyclic) bond motifs is 1. The molecule has 2 heterocycles. The first-order valence-electron chi connectivity index (χ1n) is 9.19. The highest BCUT2D eigenvalue weighted by Gasteiger charge is 2.22. The summed E-state index contributed by atoms with van der Waals surface area (Å²) in [5, 5.41) is 3.37. The first-order valence-corrected chi connectivity index (χ1v) is 9.19. The lowest BCUT2D eigenvalue weighted by Gasteiger charge is -2.31. The normalized spacial score (nSPS) is 17.3. The number of rotatable bonds is 4. The smallest absolute Gasteiger partial charge is 0.253 e. The Morgan fingerprint density at radius 3 is 2.81 bits per heavy atom. The Morgan fingerprint density at radius 2 is 2.04 bits per heavy atom. The van der Waals surface area contributed by atoms with Crippen molar-refractivity contribution in [3.05, 3.63) is 66.0 Å². The number of para-hydroxylation sites is 2. The Labute approximate surface area is 153 Å². The fourth-order valence-electron chi connectivity index (χ4n) is 3.62. The molecule has 0 radical (unpaired) electrons. The molecule has 26 heavy (non-hydrogen) atoms. The monoisotopic (exact) mass is 348 g/mol. The zero-order chi connectivity index (χ0) is 17.9. The predicted octanol–water partition coefficient (Wildman–Crippen LogP) is 2.91. The van der Waals surface area contributed by atoms with E-state index in [1.807, 2.05) is 60.7 Å². The third-order valence-electron chi connectivity index (χ3n) is 5.22. The van der Waals surface area contributed by atoms with Crippen LogP contribution in [0, 0.1) is 0 Å². The van der Waals surface area contributed by atoms with Gasteiger partial charge in [-0.2, -0.15) is 0 Å². The number of hydrogen-bond donors (Lipinski definition) is 1. The van der Waals surface area contributed by atoms with Gasteiger partial charge < -0.3 is 14.8 Å². The molecule has 3 aromatic rings. The van der Waals surface area contributed by atoms with Gasteiger partial charge in [0.15, 0.2) is 0 Å². The van der Waals surface area contributed by atoms with Crippen molar-refractivity contribution in [2.75, 3.05) is 20.1 Å². The molecule has 1 amide bonds. The largest absolute Gasteiger partial charge is 0.337 e. The summed E-state index contributed by atoms with van der Waals surface area (Å²) in [6.07, 6.45) is 4.06. The zero-order valence-electron chi connectivity index (χ0n) is 15.1. The van der Waals surface area contributed by atoms with Crippen molar-refractivity contribution < 1.29 is 4.79 Å². The maximum absolute atomic E-state index is 12.7. The van der Waals surface area contributed by atoms with Crippen LogP contribution in [0.4, 0.5) is 0 Å². The average molecular weight is 348 g/mol. The van der Waals surface area contributed by atoms with E-state index in [9.17, 15) is 4.79 Å². The Kier molecular flexibility index (Phi) is 4.71. The van der Waals surface area contributed by atoms with Gasteiger partial charge in [-0.1, -0.05) is 24.3 Å². The van der Waals surface area contributed by atoms with Crippen molar-refractivity contribution in [2.45, 2.75) is 25.4 Å². The number of amides is 1. The number of carbonyl (C=O) groups excluding carboxylic acids is 1. The number of carbonyl (C=O) groups is 1. The third-order valence-corrected chi connectivity index (χ3v) is 5.22. The Bertz CT molecular complexity index is 894. The molecule has 1 atom stereocenters. The summed E-state index contributed by atoms with van der Waals surface area (Å²) in [6.45, 7) is 2.68. The van der Waals surface area contributed by atoms with Crippen LogP contribution in [0.2, 0.25) is 0 Å². The molecule has 134 valence electrons. The van der Waals surface area contributed by atoms with Crippen molar-refractivity contribution in [3.63, 3.8) is 0 Å². The van der Waals surface area contributed by atoms with Gasteiger partial charge >= 0.3 is 0 Å². The van der Waals surface area contributed by atoms with E-state index in [1.54, 1.807) is 0 Å². The highest BCUT2D eigenvalue weighted by atomic mass is 16.2. The van der Waals surface area contributed by atoms with Gasteiger partial charge in [-0.25, -0.2) is 4.98 Å². The summed E-state index contributed by atoms with van der Waals surface area (Å²) in [4.78, 5) is 19.0. The third kappa shape index (κ3) is 3.35. The minimum absolute atomic E-state index is 0.0957. The van der Waals surface area contributed by atoms with Crippen molar-refractivity contribution in [1.82, 2.24) is 19.8 Å². The van der Waals surface area contributed by atoms with E-state index in [1.165, 1.54) is 0 Å². The van der Waals surface area contributed by atoms with E-state index >= 15 is 0 Å². The number of likely N-dealkylation sites (N-methyl/N-ethyl adjacent to an activating group) is 1. The molecule has 1 N–H and O–H groups in total. The van der Waals surface area contributed by atoms with Crippen molar-refractivity contribution >= 4 is 16.9 Å². The number of aromatic nitrogens is 2. The minimum atomic E-state index is 0.0957. The standard InChI is InChI=1S/C21H24N4O/c1-24(18-5-4-12-22-13-18)21(26)17-10-8-16(9-11-17)14-25-15-23-19-6-2-3-7-20(19)25/h2-3,6-11,15,18,22H,4-5,12-14H2,1H3. The van der Waals surface area contributed by atoms with Gasteiger partial charge in [0.2, 0.25) is 0 Å². The second-order valence-electron chi connectivity index (χ2n) is 6.97. The summed E-state index contributed by atoms with van der Waals surface area (Å²) in [6, 6.07) is 16.3. The van der Waals surface area contributed by atoms with E-state index in [0.29, 0.717) is 0 Å². The van der Waals surface area contributed by atoms with E-state index in [0.717, 1.165) is 54.6 Å². The molecule has 1 aliphatic rings. The van der Waals surface area contributed by atoms with Crippen LogP contribution in [-0.2, 0) is 6.54 Å². The molecule has 1 fully saturated rings. The molecular formula is C21H24N4O. The maximum Gasteiger partial charge on any atom is 0.253 e. The molecule has 1 saturated heterocycles. The van der Waals surface area contributed by atoms with Gasteiger partial charge in [0.1, 0.15) is 0 Å². The quantitative estimate of drug-likeness (QED) is 0.789. The van der Waals surface area contributed by atoms with Gasteiger partial charge in [-0.3, -0.25) is 4.79 Å². The summed E-state index contributed by atoms with van der Waals surface area (Å²) in [5.41, 5.74) is 4.03. The van der Waals surface area contributed by atoms with Crippen LogP contribution in [0.3, 0.4) is 0 Å². The van der Waals surface area contributed by atoms with Gasteiger partial charge in [-0.15, -0.1) is 0 Å². The van der Waals surface area contributed by atoms with Crippen LogP contribution in [-0.4, -0.2) is 46.5 Å². The molecule has 1 aromatic heterocycles. The topological polar surface area (TPSA) is 50.2 Å². The Morgan fingerprint density at radius 1 is 1.23 bits per heavy atom. The van der Waals surface area contributed by atoms with Crippen molar-refractivity contribution in [1.29, 1.82) is 0 Å². The number of imidazole rings is 1. The lowest BCUT2D eigenvalue weighted by molar-refractivity contribution is 0.0708. The fourth-order valence-corrected chi connectivity index (χ4v) is 3.62. The maximum atomic E-state index is 12.7. The van der Waals surface area contributed by atoms with Gasteiger partial charge in [0, 0.05) is 31.7 Å². The summed E-state index contributed by atoms with van der Waals surface area (Å²) in [7, 11) is 1.91. The molecule has 0 saturated carbocycles. The number of piperidine rings is 1. The van der Waals surface area contributed by atoms with Crippen LogP contribution in [0.15, 0.2) is 54.9 Å². The number of benzene rings is 2. The number of nitrogens with zero attached hydrogens (tertiary/aromatic N) is 3. The second-order valence-corrected chi connectivity index (χ2v) is 6.97. The second kappa shape index (κ2) is 7.30. The molecule has 0 aliphatic carbocycles. The first kappa shape index (κ1) is 16.8. The summed E-state index contributed by atoms with van der Waals surface area (Å²) < 4.78 is 2.13. The van der Waals surface area contributed by atoms with Gasteiger partial charge in [0.05, 0.1) is 17.4 Å². The van der Waals surface area contributed by atoms with E-state index in [-0.39, 0.29) is 11.9 Å². The summed E-state index contributed by atoms with van der Waals surface area (Å²) >= 11 is 0. The van der Waals surface area contributed by atoms with E-state index in [4.69, 9.17) is 0 Å². The molecule has 5 heteroatoms. The van der Waals surface area contributed by atoms with Crippen LogP contribution in [0.25, 0.3) is 11.0 Å². The number of nitrogens with one attached hydrogen (secondary N) is 1. The molecule has 0 spiro atoms. The van der Waals surface area contributed by atoms with E-state index in [2.05, 4.69) is 20.9 Å². The van der Waals surface area contributed by atoms with Gasteiger partial charge in [0.25, 0.3) is 5.91 Å². The zero-order valence-corrected chi connectivity index (χ0v) is 15.1. The molecule has 2 aromatic carbocycles. The highest BCUT2D eigenvalue weighted by Crippen LogP contribution is 2.16. The minimum Gasteiger partial charge on any atom is -0.337 e. The Balaban J connectivity index is 1.47. The van der Waals surface area contributed by atoms with Crippen LogP contribution in [0.1, 0.15) is 28.8 Å². The van der Waals surface area contributed by atoms with E-state index < -0.39 is 0 Å².